The van der Waals surface area contributed by atoms with E-state index in [9.17, 15) is 0 Å². The van der Waals surface area contributed by atoms with Crippen LogP contribution in [0.5, 0.6) is 0 Å². The Kier molecular flexibility index (Phi) is 4.19. The van der Waals surface area contributed by atoms with Gasteiger partial charge in [0, 0.05) is 30.9 Å². The van der Waals surface area contributed by atoms with Crippen molar-refractivity contribution < 1.29 is 4.74 Å². The van der Waals surface area contributed by atoms with Gasteiger partial charge in [-0.05, 0) is 44.0 Å². The average Bonchev–Trinajstić information content (AvgIpc) is 2.53. The van der Waals surface area contributed by atoms with Crippen LogP contribution >= 0.6 is 12.2 Å². The number of hydrogen-bond acceptors (Lipinski definition) is 3. The minimum atomic E-state index is 0.281. The number of nitrogens with zero attached hydrogens (tertiary/aromatic N) is 1. The number of benzene rings is 1. The van der Waals surface area contributed by atoms with Crippen molar-refractivity contribution in [3.63, 3.8) is 0 Å². The molecule has 1 aromatic rings. The molecule has 3 nitrogen and oxygen atoms in total. The topological polar surface area (TPSA) is 38.5 Å². The van der Waals surface area contributed by atoms with Crippen LogP contribution in [0.2, 0.25) is 0 Å². The van der Waals surface area contributed by atoms with Crippen molar-refractivity contribution in [2.75, 3.05) is 24.6 Å². The van der Waals surface area contributed by atoms with Gasteiger partial charge in [0.25, 0.3) is 0 Å². The molecule has 4 heteroatoms. The molecule has 1 aliphatic rings. The van der Waals surface area contributed by atoms with Gasteiger partial charge in [0.15, 0.2) is 0 Å². The largest absolute Gasteiger partial charge is 0.389 e. The van der Waals surface area contributed by atoms with Gasteiger partial charge >= 0.3 is 0 Å². The summed E-state index contributed by atoms with van der Waals surface area (Å²) in [6.07, 6.45) is 1.35. The summed E-state index contributed by atoms with van der Waals surface area (Å²) in [5.41, 5.74) is 9.02. The first kappa shape index (κ1) is 13.3. The van der Waals surface area contributed by atoms with Gasteiger partial charge in [0.05, 0.1) is 6.10 Å². The fourth-order valence-corrected chi connectivity index (χ4v) is 2.58. The normalized spacial score (nSPS) is 20.6. The average molecular weight is 264 g/mol. The monoisotopic (exact) mass is 264 g/mol. The van der Waals surface area contributed by atoms with Crippen molar-refractivity contribution in [3.8, 4) is 0 Å². The van der Waals surface area contributed by atoms with Crippen LogP contribution in [-0.4, -0.2) is 30.8 Å². The Labute approximate surface area is 114 Å². The zero-order valence-electron chi connectivity index (χ0n) is 11.0. The van der Waals surface area contributed by atoms with E-state index < -0.39 is 0 Å². The molecule has 1 unspecified atom stereocenters. The second-order valence-electron chi connectivity index (χ2n) is 4.84. The summed E-state index contributed by atoms with van der Waals surface area (Å²) in [6, 6.07) is 6.27. The lowest BCUT2D eigenvalue weighted by molar-refractivity contribution is 0.0821. The predicted molar refractivity (Wildman–Crippen MR) is 79.3 cm³/mol. The lowest BCUT2D eigenvalue weighted by Crippen LogP contribution is -2.30. The maximum Gasteiger partial charge on any atom is 0.104 e. The third-order valence-corrected chi connectivity index (χ3v) is 3.51. The molecule has 2 rings (SSSR count). The SMILES string of the molecule is Cc1cc(N2CCCOC(C)C2)ccc1C(N)=S. The first-order valence-electron chi connectivity index (χ1n) is 6.35. The van der Waals surface area contributed by atoms with E-state index in [1.165, 1.54) is 5.69 Å². The summed E-state index contributed by atoms with van der Waals surface area (Å²) in [5.74, 6) is 0. The van der Waals surface area contributed by atoms with E-state index in [0.717, 1.165) is 37.2 Å². The Balaban J connectivity index is 2.22. The standard InChI is InChI=1S/C14H20N2OS/c1-10-8-12(4-5-13(10)14(15)18)16-6-3-7-17-11(2)9-16/h4-5,8,11H,3,6-7,9H2,1-2H3,(H2,15,18). The summed E-state index contributed by atoms with van der Waals surface area (Å²) in [7, 11) is 0. The number of rotatable bonds is 2. The molecule has 0 aromatic heterocycles. The third-order valence-electron chi connectivity index (χ3n) is 3.29. The van der Waals surface area contributed by atoms with Crippen molar-refractivity contribution in [1.82, 2.24) is 0 Å². The summed E-state index contributed by atoms with van der Waals surface area (Å²) in [4.78, 5) is 2.83. The number of ether oxygens (including phenoxy) is 1. The second kappa shape index (κ2) is 5.67. The van der Waals surface area contributed by atoms with Crippen LogP contribution in [0.4, 0.5) is 5.69 Å². The van der Waals surface area contributed by atoms with Gasteiger partial charge in [-0.2, -0.15) is 0 Å². The molecule has 18 heavy (non-hydrogen) atoms. The Bertz CT molecular complexity index is 447. The maximum absolute atomic E-state index is 5.69. The number of nitrogens with two attached hydrogens (primary N) is 1. The van der Waals surface area contributed by atoms with Crippen LogP contribution in [0.1, 0.15) is 24.5 Å². The van der Waals surface area contributed by atoms with Gasteiger partial charge in [0.1, 0.15) is 4.99 Å². The highest BCUT2D eigenvalue weighted by molar-refractivity contribution is 7.80. The van der Waals surface area contributed by atoms with Crippen LogP contribution in [-0.2, 0) is 4.74 Å². The lowest BCUT2D eigenvalue weighted by atomic mass is 10.1. The fraction of sp³-hybridized carbons (Fsp3) is 0.500. The minimum Gasteiger partial charge on any atom is -0.389 e. The summed E-state index contributed by atoms with van der Waals surface area (Å²) < 4.78 is 5.66. The highest BCUT2D eigenvalue weighted by Gasteiger charge is 2.16. The minimum absolute atomic E-state index is 0.281. The zero-order valence-corrected chi connectivity index (χ0v) is 11.8. The predicted octanol–water partition coefficient (Wildman–Crippen LogP) is 2.24. The quantitative estimate of drug-likeness (QED) is 0.832. The Hall–Kier alpha value is -1.13. The molecule has 0 aliphatic carbocycles. The molecule has 1 heterocycles. The van der Waals surface area contributed by atoms with E-state index in [-0.39, 0.29) is 6.10 Å². The molecule has 1 saturated heterocycles. The summed E-state index contributed by atoms with van der Waals surface area (Å²) >= 11 is 5.03. The Morgan fingerprint density at radius 2 is 2.28 bits per heavy atom. The number of thiocarbonyl (C=S) groups is 1. The van der Waals surface area contributed by atoms with E-state index in [4.69, 9.17) is 22.7 Å². The van der Waals surface area contributed by atoms with E-state index in [0.29, 0.717) is 4.99 Å². The van der Waals surface area contributed by atoms with Gasteiger partial charge in [0.2, 0.25) is 0 Å². The molecule has 0 radical (unpaired) electrons. The first-order chi connectivity index (χ1) is 8.58. The molecule has 1 atom stereocenters. The molecule has 1 aliphatic heterocycles. The van der Waals surface area contributed by atoms with E-state index in [2.05, 4.69) is 30.9 Å². The van der Waals surface area contributed by atoms with Crippen LogP contribution in [0.15, 0.2) is 18.2 Å². The zero-order chi connectivity index (χ0) is 13.1. The van der Waals surface area contributed by atoms with Gasteiger partial charge in [-0.25, -0.2) is 0 Å². The van der Waals surface area contributed by atoms with Crippen molar-refractivity contribution in [1.29, 1.82) is 0 Å². The smallest absolute Gasteiger partial charge is 0.104 e. The van der Waals surface area contributed by atoms with Crippen LogP contribution in [0.3, 0.4) is 0 Å². The lowest BCUT2D eigenvalue weighted by Gasteiger charge is -2.25. The molecule has 98 valence electrons. The molecule has 2 N–H and O–H groups in total. The molecule has 1 aromatic carbocycles. The molecule has 0 amide bonds. The molecule has 0 bridgehead atoms. The van der Waals surface area contributed by atoms with E-state index in [1.807, 2.05) is 6.07 Å². The van der Waals surface area contributed by atoms with Crippen molar-refractivity contribution >= 4 is 22.9 Å². The summed E-state index contributed by atoms with van der Waals surface area (Å²) in [5, 5.41) is 0. The Morgan fingerprint density at radius 1 is 1.50 bits per heavy atom. The number of hydrogen-bond donors (Lipinski definition) is 1. The van der Waals surface area contributed by atoms with Crippen molar-refractivity contribution in [2.45, 2.75) is 26.4 Å². The van der Waals surface area contributed by atoms with Crippen molar-refractivity contribution in [2.24, 2.45) is 5.73 Å². The maximum atomic E-state index is 5.69. The molecule has 0 saturated carbocycles. The van der Waals surface area contributed by atoms with E-state index in [1.54, 1.807) is 0 Å². The van der Waals surface area contributed by atoms with Gasteiger partial charge in [-0.3, -0.25) is 0 Å². The Morgan fingerprint density at radius 3 is 2.94 bits per heavy atom. The van der Waals surface area contributed by atoms with Gasteiger partial charge < -0.3 is 15.4 Å². The molecular weight excluding hydrogens is 244 g/mol. The highest BCUT2D eigenvalue weighted by atomic mass is 32.1. The third kappa shape index (κ3) is 3.00. The number of aryl methyl sites for hydroxylation is 1. The van der Waals surface area contributed by atoms with Crippen LogP contribution < -0.4 is 10.6 Å². The molecule has 0 spiro atoms. The van der Waals surface area contributed by atoms with Gasteiger partial charge in [-0.1, -0.05) is 12.2 Å². The molecule has 1 fully saturated rings. The second-order valence-corrected chi connectivity index (χ2v) is 5.28. The van der Waals surface area contributed by atoms with E-state index >= 15 is 0 Å². The van der Waals surface area contributed by atoms with Crippen molar-refractivity contribution in [3.05, 3.63) is 29.3 Å². The van der Waals surface area contributed by atoms with Gasteiger partial charge in [-0.15, -0.1) is 0 Å². The molecular formula is C14H20N2OS. The fourth-order valence-electron chi connectivity index (χ4n) is 2.35. The van der Waals surface area contributed by atoms with Crippen LogP contribution in [0, 0.1) is 6.92 Å². The summed E-state index contributed by atoms with van der Waals surface area (Å²) in [6.45, 7) is 6.99. The first-order valence-corrected chi connectivity index (χ1v) is 6.76. The number of anilines is 1. The highest BCUT2D eigenvalue weighted by Crippen LogP contribution is 2.21. The van der Waals surface area contributed by atoms with Crippen LogP contribution in [0.25, 0.3) is 0 Å².